The third-order valence-corrected chi connectivity index (χ3v) is 10.3. The topological polar surface area (TPSA) is 52.0 Å². The van der Waals surface area contributed by atoms with Gasteiger partial charge >= 0.3 is 71.6 Å². The highest BCUT2D eigenvalue weighted by atomic mass is 28.3. The minimum absolute atomic E-state index is 0.166. The van der Waals surface area contributed by atoms with E-state index in [-0.39, 0.29) is 37.8 Å². The van der Waals surface area contributed by atoms with Crippen LogP contribution >= 0.6 is 0 Å². The van der Waals surface area contributed by atoms with E-state index in [4.69, 9.17) is 10.8 Å². The fourth-order valence-corrected chi connectivity index (χ4v) is 6.42. The first kappa shape index (κ1) is 51.3. The predicted octanol–water partition coefficient (Wildman–Crippen LogP) is 11.7. The van der Waals surface area contributed by atoms with E-state index in [1.54, 1.807) is 0 Å². The molecule has 0 saturated heterocycles. The summed E-state index contributed by atoms with van der Waals surface area (Å²) in [4.78, 5) is 0. The first-order valence-electron chi connectivity index (χ1n) is 14.4. The Morgan fingerprint density at radius 3 is 0.698 bits per heavy atom. The van der Waals surface area contributed by atoms with Gasteiger partial charge in [-0.2, -0.15) is 114 Å². The van der Waals surface area contributed by atoms with Crippen LogP contribution in [-0.4, -0.2) is 80.0 Å². The average molecular weight is 867 g/mol. The summed E-state index contributed by atoms with van der Waals surface area (Å²) in [6.07, 6.45) is -24.5. The first-order valence-corrected chi connectivity index (χ1v) is 17.0. The molecule has 0 amide bonds. The molecule has 0 atom stereocenters. The number of unbranched alkanes of at least 4 members (excludes halogenated alkanes) is 6. The molecular weight excluding hydrogens is 838 g/mol. The molecule has 0 aliphatic carbocycles. The second-order valence-electron chi connectivity index (χ2n) is 12.1. The van der Waals surface area contributed by atoms with Crippen LogP contribution in [0.2, 0.25) is 12.1 Å². The summed E-state index contributed by atoms with van der Waals surface area (Å²) in [5.41, 5.74) is 0. The van der Waals surface area contributed by atoms with Gasteiger partial charge in [0.15, 0.2) is 8.40 Å². The van der Waals surface area contributed by atoms with Crippen LogP contribution < -0.4 is 10.8 Å². The SMILES string of the molecule is N[Si](N)(CCCCCCC(F)(F)C(F)(F)C(F)(F)C(F)(F)C(F)(F)C(F)(F)F)CCCCCCC(F)(F)C(F)(F)C(F)(F)C(F)(F)C(F)(F)C(F)(F)F. The van der Waals surface area contributed by atoms with E-state index in [9.17, 15) is 114 Å². The van der Waals surface area contributed by atoms with Crippen LogP contribution in [0.5, 0.6) is 0 Å². The summed E-state index contributed by atoms with van der Waals surface area (Å²) in [6, 6.07) is -0.376. The molecule has 0 aromatic rings. The zero-order valence-electron chi connectivity index (χ0n) is 26.0. The Labute approximate surface area is 282 Å². The van der Waals surface area contributed by atoms with Crippen molar-refractivity contribution < 1.29 is 114 Å². The number of hydrogen-bond acceptors (Lipinski definition) is 2. The summed E-state index contributed by atoms with van der Waals surface area (Å²) in [7, 11) is -3.34. The molecule has 0 rings (SSSR count). The molecule has 0 spiro atoms. The van der Waals surface area contributed by atoms with Crippen molar-refractivity contribution in [1.29, 1.82) is 0 Å². The summed E-state index contributed by atoms with van der Waals surface area (Å²) >= 11 is 0. The van der Waals surface area contributed by atoms with Crippen molar-refractivity contribution >= 4 is 8.40 Å². The summed E-state index contributed by atoms with van der Waals surface area (Å²) in [5.74, 6) is -75.0. The third-order valence-electron chi connectivity index (χ3n) is 7.76. The summed E-state index contributed by atoms with van der Waals surface area (Å²) in [5, 5.41) is 11.6. The van der Waals surface area contributed by atoms with Gasteiger partial charge in [0.05, 0.1) is 0 Å². The van der Waals surface area contributed by atoms with Crippen molar-refractivity contribution in [3.63, 3.8) is 0 Å². The molecule has 0 aromatic heterocycles. The maximum Gasteiger partial charge on any atom is 0.460 e. The number of alkyl halides is 26. The Kier molecular flexibility index (Phi) is 15.2. The highest BCUT2D eigenvalue weighted by Crippen LogP contribution is 2.62. The second kappa shape index (κ2) is 15.7. The maximum absolute atomic E-state index is 13.8. The van der Waals surface area contributed by atoms with E-state index < -0.39 is 118 Å². The molecule has 0 radical (unpaired) electrons. The third kappa shape index (κ3) is 9.65. The molecule has 0 aliphatic heterocycles. The molecule has 0 aliphatic rings. The maximum atomic E-state index is 13.8. The molecule has 2 nitrogen and oxygen atoms in total. The van der Waals surface area contributed by atoms with Crippen LogP contribution in [0.1, 0.15) is 64.2 Å². The monoisotopic (exact) mass is 866 g/mol. The van der Waals surface area contributed by atoms with Gasteiger partial charge in [-0.3, -0.25) is 0 Å². The van der Waals surface area contributed by atoms with Crippen LogP contribution in [0.25, 0.3) is 0 Å². The normalized spacial score (nSPS) is 16.1. The Balaban J connectivity index is 4.99. The van der Waals surface area contributed by atoms with Crippen LogP contribution in [0.3, 0.4) is 0 Å². The number of hydrogen-bond donors (Lipinski definition) is 2. The van der Waals surface area contributed by atoms with E-state index >= 15 is 0 Å². The number of nitrogens with two attached hydrogens (primary N) is 2. The summed E-state index contributed by atoms with van der Waals surface area (Å²) in [6.45, 7) is 0. The Morgan fingerprint density at radius 2 is 0.472 bits per heavy atom. The second-order valence-corrected chi connectivity index (χ2v) is 15.5. The van der Waals surface area contributed by atoms with E-state index in [0.29, 0.717) is 0 Å². The quantitative estimate of drug-likeness (QED) is 0.0647. The van der Waals surface area contributed by atoms with Crippen LogP contribution in [0.4, 0.5) is 114 Å². The van der Waals surface area contributed by atoms with Gasteiger partial charge in [0.2, 0.25) is 0 Å². The molecule has 0 heterocycles. The zero-order valence-corrected chi connectivity index (χ0v) is 27.0. The smallest absolute Gasteiger partial charge is 0.339 e. The molecule has 0 bridgehead atoms. The number of rotatable bonds is 22. The highest BCUT2D eigenvalue weighted by Gasteiger charge is 2.91. The van der Waals surface area contributed by atoms with Gasteiger partial charge in [0.1, 0.15) is 0 Å². The largest absolute Gasteiger partial charge is 0.460 e. The summed E-state index contributed by atoms with van der Waals surface area (Å²) < 4.78 is 341. The zero-order chi connectivity index (χ0) is 43.0. The minimum atomic E-state index is -8.04. The standard InChI is InChI=1S/C24H28F26N2Si/c25-13(26,15(29,30)17(33,34)19(37,38)21(41,42)23(45,46)47)9-5-1-3-7-11-53(51,52)12-8-4-2-6-10-14(27,28)16(31,32)18(35,36)20(39,40)22(43,44)24(48,49)50/h1-12,51-52H2. The van der Waals surface area contributed by atoms with Crippen molar-refractivity contribution in [3.8, 4) is 0 Å². The van der Waals surface area contributed by atoms with Gasteiger partial charge in [-0.1, -0.05) is 38.5 Å². The van der Waals surface area contributed by atoms with Gasteiger partial charge in [-0.05, 0) is 24.9 Å². The lowest BCUT2D eigenvalue weighted by atomic mass is 9.91. The molecule has 0 saturated carbocycles. The molecule has 0 aromatic carbocycles. The molecule has 29 heteroatoms. The van der Waals surface area contributed by atoms with Crippen molar-refractivity contribution in [2.24, 2.45) is 10.8 Å². The molecular formula is C24H28F26N2Si. The van der Waals surface area contributed by atoms with Gasteiger partial charge in [-0.25, -0.2) is 0 Å². The highest BCUT2D eigenvalue weighted by molar-refractivity contribution is 6.73. The van der Waals surface area contributed by atoms with Gasteiger partial charge in [0.25, 0.3) is 0 Å². The average Bonchev–Trinajstić information content (AvgIpc) is 2.94. The Hall–Kier alpha value is -1.68. The van der Waals surface area contributed by atoms with Gasteiger partial charge < -0.3 is 10.8 Å². The van der Waals surface area contributed by atoms with E-state index in [2.05, 4.69) is 0 Å². The van der Waals surface area contributed by atoms with Crippen molar-refractivity contribution in [2.75, 3.05) is 0 Å². The lowest BCUT2D eigenvalue weighted by Crippen LogP contribution is -2.70. The minimum Gasteiger partial charge on any atom is -0.339 e. The molecule has 0 fully saturated rings. The van der Waals surface area contributed by atoms with Crippen molar-refractivity contribution in [2.45, 2.75) is 148 Å². The Bertz CT molecular complexity index is 1090. The van der Waals surface area contributed by atoms with E-state index in [1.165, 1.54) is 0 Å². The fourth-order valence-electron chi connectivity index (χ4n) is 4.35. The van der Waals surface area contributed by atoms with Crippen LogP contribution in [0.15, 0.2) is 0 Å². The lowest BCUT2D eigenvalue weighted by molar-refractivity contribution is -0.440. The Morgan fingerprint density at radius 1 is 0.264 bits per heavy atom. The van der Waals surface area contributed by atoms with E-state index in [0.717, 1.165) is 0 Å². The van der Waals surface area contributed by atoms with Crippen molar-refractivity contribution in [3.05, 3.63) is 0 Å². The first-order chi connectivity index (χ1) is 22.9. The molecule has 320 valence electrons. The molecule has 0 unspecified atom stereocenters. The molecule has 53 heavy (non-hydrogen) atoms. The van der Waals surface area contributed by atoms with Crippen LogP contribution in [0, 0.1) is 0 Å². The molecule has 4 N–H and O–H groups in total. The van der Waals surface area contributed by atoms with Crippen LogP contribution in [-0.2, 0) is 0 Å². The fraction of sp³-hybridized carbons (Fsp3) is 1.00. The lowest BCUT2D eigenvalue weighted by Gasteiger charge is -2.39. The van der Waals surface area contributed by atoms with Gasteiger partial charge in [0, 0.05) is 12.8 Å². The predicted molar refractivity (Wildman–Crippen MR) is 131 cm³/mol. The van der Waals surface area contributed by atoms with E-state index in [1.807, 2.05) is 0 Å². The number of halogens is 26. The van der Waals surface area contributed by atoms with Gasteiger partial charge in [-0.15, -0.1) is 0 Å². The van der Waals surface area contributed by atoms with Crippen molar-refractivity contribution in [1.82, 2.24) is 0 Å².